The van der Waals surface area contributed by atoms with Crippen LogP contribution in [0.2, 0.25) is 0 Å². The molecule has 0 fully saturated rings. The first kappa shape index (κ1) is 10.0. The van der Waals surface area contributed by atoms with Crippen molar-refractivity contribution in [2.24, 2.45) is 0 Å². The number of hydrogen-bond donors (Lipinski definition) is 0. The number of benzene rings is 1. The predicted octanol–water partition coefficient (Wildman–Crippen LogP) is 3.73. The van der Waals surface area contributed by atoms with Crippen LogP contribution >= 0.6 is 0 Å². The highest BCUT2D eigenvalue weighted by Gasteiger charge is 1.98. The van der Waals surface area contributed by atoms with Gasteiger partial charge < -0.3 is 0 Å². The molecule has 0 aromatic heterocycles. The van der Waals surface area contributed by atoms with Crippen molar-refractivity contribution < 1.29 is 0 Å². The molecule has 0 aliphatic rings. The second-order valence-electron chi connectivity index (χ2n) is 3.49. The van der Waals surface area contributed by atoms with Crippen LogP contribution in [0.5, 0.6) is 0 Å². The van der Waals surface area contributed by atoms with Gasteiger partial charge in [0.05, 0.1) is 0 Å². The van der Waals surface area contributed by atoms with E-state index in [0.717, 1.165) is 6.42 Å². The van der Waals surface area contributed by atoms with Crippen LogP contribution in [-0.4, -0.2) is 0 Å². The van der Waals surface area contributed by atoms with Gasteiger partial charge in [-0.1, -0.05) is 25.1 Å². The smallest absolute Gasteiger partial charge is 0.0148 e. The number of allylic oxidation sites excluding steroid dienone is 1. The Morgan fingerprint density at radius 2 is 1.69 bits per heavy atom. The lowest BCUT2D eigenvalue weighted by Gasteiger charge is -2.05. The zero-order valence-corrected chi connectivity index (χ0v) is 8.94. The van der Waals surface area contributed by atoms with Gasteiger partial charge in [0.1, 0.15) is 0 Å². The van der Waals surface area contributed by atoms with Crippen molar-refractivity contribution in [3.8, 4) is 0 Å². The van der Waals surface area contributed by atoms with Crippen LogP contribution in [0.25, 0.3) is 0 Å². The van der Waals surface area contributed by atoms with Crippen molar-refractivity contribution in [1.82, 2.24) is 0 Å². The molecular formula is C13H17. The topological polar surface area (TPSA) is 0 Å². The van der Waals surface area contributed by atoms with Crippen molar-refractivity contribution in [3.05, 3.63) is 46.5 Å². The standard InChI is InChI=1S/C13H17/c1-5-6-7-13-8-10(2)12(4)11(3)9-13/h6,8-9H,5H2,1-4H3. The molecule has 0 N–H and O–H groups in total. The molecule has 0 aliphatic carbocycles. The minimum absolute atomic E-state index is 1.05. The highest BCUT2D eigenvalue weighted by Crippen LogP contribution is 2.15. The summed E-state index contributed by atoms with van der Waals surface area (Å²) in [4.78, 5) is 0. The Labute approximate surface area is 81.3 Å². The molecule has 0 heteroatoms. The van der Waals surface area contributed by atoms with Gasteiger partial charge in [0.15, 0.2) is 0 Å². The summed E-state index contributed by atoms with van der Waals surface area (Å²) in [5, 5.41) is 0. The van der Waals surface area contributed by atoms with E-state index in [4.69, 9.17) is 0 Å². The fourth-order valence-corrected chi connectivity index (χ4v) is 1.34. The molecule has 1 rings (SSSR count). The van der Waals surface area contributed by atoms with Crippen molar-refractivity contribution in [2.45, 2.75) is 34.1 Å². The van der Waals surface area contributed by atoms with Crippen molar-refractivity contribution in [2.75, 3.05) is 0 Å². The fraction of sp³-hybridized carbons (Fsp3) is 0.385. The van der Waals surface area contributed by atoms with E-state index >= 15 is 0 Å². The molecule has 0 spiro atoms. The van der Waals surface area contributed by atoms with Crippen LogP contribution < -0.4 is 0 Å². The zero-order chi connectivity index (χ0) is 9.84. The summed E-state index contributed by atoms with van der Waals surface area (Å²) in [5.41, 5.74) is 5.29. The van der Waals surface area contributed by atoms with Gasteiger partial charge in [-0.05, 0) is 55.5 Å². The van der Waals surface area contributed by atoms with Crippen LogP contribution in [-0.2, 0) is 0 Å². The molecule has 0 atom stereocenters. The highest BCUT2D eigenvalue weighted by atomic mass is 14.0. The number of aryl methyl sites for hydroxylation is 2. The largest absolute Gasteiger partial charge is 0.0763 e. The van der Waals surface area contributed by atoms with E-state index in [0.29, 0.717) is 0 Å². The molecule has 69 valence electrons. The van der Waals surface area contributed by atoms with Gasteiger partial charge in [-0.25, -0.2) is 0 Å². The minimum Gasteiger partial charge on any atom is -0.0763 e. The number of rotatable bonds is 2. The maximum atomic E-state index is 3.28. The third-order valence-electron chi connectivity index (χ3n) is 2.40. The first-order chi connectivity index (χ1) is 6.15. The summed E-state index contributed by atoms with van der Waals surface area (Å²) < 4.78 is 0. The average Bonchev–Trinajstić information content (AvgIpc) is 2.10. The van der Waals surface area contributed by atoms with E-state index in [-0.39, 0.29) is 0 Å². The van der Waals surface area contributed by atoms with E-state index in [9.17, 15) is 0 Å². The van der Waals surface area contributed by atoms with Gasteiger partial charge >= 0.3 is 0 Å². The Kier molecular flexibility index (Phi) is 3.30. The summed E-state index contributed by atoms with van der Waals surface area (Å²) in [7, 11) is 0. The Bertz CT molecular complexity index is 296. The maximum absolute atomic E-state index is 3.28. The van der Waals surface area contributed by atoms with Gasteiger partial charge in [-0.3, -0.25) is 0 Å². The van der Waals surface area contributed by atoms with Crippen molar-refractivity contribution >= 4 is 0 Å². The minimum atomic E-state index is 1.05. The molecule has 1 aromatic carbocycles. The SMILES string of the molecule is CC/C=[C]\c1cc(C)c(C)c(C)c1. The molecule has 0 bridgehead atoms. The van der Waals surface area contributed by atoms with Gasteiger partial charge in [-0.15, -0.1) is 0 Å². The molecule has 0 saturated heterocycles. The first-order valence-corrected chi connectivity index (χ1v) is 4.81. The molecule has 13 heavy (non-hydrogen) atoms. The third-order valence-corrected chi connectivity index (χ3v) is 2.40. The van der Waals surface area contributed by atoms with Crippen LogP contribution in [0.3, 0.4) is 0 Å². The summed E-state index contributed by atoms with van der Waals surface area (Å²) in [5.74, 6) is 0. The lowest BCUT2D eigenvalue weighted by Crippen LogP contribution is -1.88. The van der Waals surface area contributed by atoms with Crippen LogP contribution in [0.15, 0.2) is 18.2 Å². The molecule has 0 nitrogen and oxygen atoms in total. The average molecular weight is 173 g/mol. The van der Waals surface area contributed by atoms with E-state index in [1.54, 1.807) is 0 Å². The molecular weight excluding hydrogens is 156 g/mol. The van der Waals surface area contributed by atoms with E-state index < -0.39 is 0 Å². The summed E-state index contributed by atoms with van der Waals surface area (Å²) >= 11 is 0. The molecule has 1 aromatic rings. The van der Waals surface area contributed by atoms with Gasteiger partial charge in [0.2, 0.25) is 0 Å². The Balaban J connectivity index is 3.06. The van der Waals surface area contributed by atoms with Crippen molar-refractivity contribution in [3.63, 3.8) is 0 Å². The van der Waals surface area contributed by atoms with E-state index in [1.165, 1.54) is 22.3 Å². The van der Waals surface area contributed by atoms with E-state index in [2.05, 4.69) is 52.0 Å². The molecule has 1 radical (unpaired) electrons. The van der Waals surface area contributed by atoms with Crippen LogP contribution in [0.4, 0.5) is 0 Å². The van der Waals surface area contributed by atoms with Crippen LogP contribution in [0.1, 0.15) is 35.6 Å². The summed E-state index contributed by atoms with van der Waals surface area (Å²) in [6.07, 6.45) is 6.40. The highest BCUT2D eigenvalue weighted by molar-refractivity contribution is 5.39. The van der Waals surface area contributed by atoms with Gasteiger partial charge in [-0.2, -0.15) is 0 Å². The lowest BCUT2D eigenvalue weighted by molar-refractivity contribution is 1.20. The molecule has 0 heterocycles. The normalized spacial score (nSPS) is 11.1. The summed E-state index contributed by atoms with van der Waals surface area (Å²) in [6, 6.07) is 4.38. The number of hydrogen-bond acceptors (Lipinski definition) is 0. The molecule has 0 amide bonds. The Morgan fingerprint density at radius 1 is 1.15 bits per heavy atom. The van der Waals surface area contributed by atoms with Crippen LogP contribution in [0, 0.1) is 26.8 Å². The van der Waals surface area contributed by atoms with Crippen molar-refractivity contribution in [1.29, 1.82) is 0 Å². The quantitative estimate of drug-likeness (QED) is 0.639. The maximum Gasteiger partial charge on any atom is -0.0148 e. The fourth-order valence-electron chi connectivity index (χ4n) is 1.34. The third kappa shape index (κ3) is 2.45. The molecule has 0 aliphatic heterocycles. The Morgan fingerprint density at radius 3 is 2.15 bits per heavy atom. The zero-order valence-electron chi connectivity index (χ0n) is 8.94. The summed E-state index contributed by atoms with van der Waals surface area (Å²) in [6.45, 7) is 8.60. The van der Waals surface area contributed by atoms with Gasteiger partial charge in [0, 0.05) is 0 Å². The second kappa shape index (κ2) is 4.27. The molecule has 0 saturated carbocycles. The second-order valence-corrected chi connectivity index (χ2v) is 3.49. The first-order valence-electron chi connectivity index (χ1n) is 4.81. The monoisotopic (exact) mass is 173 g/mol. The van der Waals surface area contributed by atoms with E-state index in [1.807, 2.05) is 0 Å². The molecule has 0 unspecified atom stereocenters. The predicted molar refractivity (Wildman–Crippen MR) is 57.9 cm³/mol. The Hall–Kier alpha value is -1.04. The lowest BCUT2D eigenvalue weighted by atomic mass is 10.0. The van der Waals surface area contributed by atoms with Gasteiger partial charge in [0.25, 0.3) is 0 Å².